The summed E-state index contributed by atoms with van der Waals surface area (Å²) < 4.78 is 19.2. The summed E-state index contributed by atoms with van der Waals surface area (Å²) in [5.74, 6) is 0.195. The molecule has 2 aromatic rings. The average molecular weight is 245 g/mol. The van der Waals surface area contributed by atoms with Crippen LogP contribution in [0.3, 0.4) is 0 Å². The highest BCUT2D eigenvalue weighted by atomic mass is 19.1. The van der Waals surface area contributed by atoms with Gasteiger partial charge in [-0.05, 0) is 30.2 Å². The molecule has 0 aliphatic rings. The van der Waals surface area contributed by atoms with Crippen molar-refractivity contribution in [1.82, 2.24) is 0 Å². The second kappa shape index (κ2) is 5.65. The van der Waals surface area contributed by atoms with Crippen molar-refractivity contribution >= 4 is 0 Å². The average Bonchev–Trinajstić information content (AvgIpc) is 2.38. The molecule has 94 valence electrons. The minimum atomic E-state index is -0.320. The molecule has 2 rings (SSSR count). The van der Waals surface area contributed by atoms with Crippen LogP contribution in [-0.4, -0.2) is 0 Å². The maximum atomic E-state index is 13.5. The van der Waals surface area contributed by atoms with E-state index in [9.17, 15) is 4.39 Å². The van der Waals surface area contributed by atoms with E-state index in [0.29, 0.717) is 17.9 Å². The lowest BCUT2D eigenvalue weighted by atomic mass is 10.1. The molecule has 2 nitrogen and oxygen atoms in total. The number of hydrogen-bond acceptors (Lipinski definition) is 2. The van der Waals surface area contributed by atoms with Gasteiger partial charge >= 0.3 is 0 Å². The molecule has 0 bridgehead atoms. The molecule has 0 aliphatic carbocycles. The van der Waals surface area contributed by atoms with Gasteiger partial charge in [-0.1, -0.05) is 30.3 Å². The molecule has 18 heavy (non-hydrogen) atoms. The Morgan fingerprint density at radius 3 is 2.61 bits per heavy atom. The summed E-state index contributed by atoms with van der Waals surface area (Å²) in [5.41, 5.74) is 8.20. The standard InChI is InChI=1S/C15H16FNO/c1-11-5-2-3-6-12(11)10-18-15-8-4-7-14(16)13(15)9-17/h2-8H,9-10,17H2,1H3. The molecule has 0 aromatic heterocycles. The molecule has 3 heteroatoms. The fraction of sp³-hybridized carbons (Fsp3) is 0.200. The second-order valence-corrected chi connectivity index (χ2v) is 4.14. The summed E-state index contributed by atoms with van der Waals surface area (Å²) in [6, 6.07) is 12.7. The van der Waals surface area contributed by atoms with Crippen molar-refractivity contribution in [2.24, 2.45) is 5.73 Å². The lowest BCUT2D eigenvalue weighted by Crippen LogP contribution is -2.05. The number of benzene rings is 2. The fourth-order valence-corrected chi connectivity index (χ4v) is 1.80. The Hall–Kier alpha value is -1.87. The van der Waals surface area contributed by atoms with Gasteiger partial charge in [0.25, 0.3) is 0 Å². The number of aryl methyl sites for hydroxylation is 1. The minimum absolute atomic E-state index is 0.135. The van der Waals surface area contributed by atoms with Crippen LogP contribution in [0, 0.1) is 12.7 Å². The largest absolute Gasteiger partial charge is 0.488 e. The van der Waals surface area contributed by atoms with Crippen LogP contribution in [0.5, 0.6) is 5.75 Å². The summed E-state index contributed by atoms with van der Waals surface area (Å²) in [6.45, 7) is 2.58. The van der Waals surface area contributed by atoms with Gasteiger partial charge in [0.1, 0.15) is 18.2 Å². The monoisotopic (exact) mass is 245 g/mol. The molecule has 0 aliphatic heterocycles. The molecule has 0 radical (unpaired) electrons. The SMILES string of the molecule is Cc1ccccc1COc1cccc(F)c1CN. The highest BCUT2D eigenvalue weighted by Gasteiger charge is 2.08. The molecule has 0 spiro atoms. The maximum Gasteiger partial charge on any atom is 0.131 e. The Morgan fingerprint density at radius 2 is 1.89 bits per heavy atom. The molecule has 0 amide bonds. The zero-order valence-electron chi connectivity index (χ0n) is 10.3. The zero-order valence-corrected chi connectivity index (χ0v) is 10.3. The Balaban J connectivity index is 2.16. The predicted molar refractivity (Wildman–Crippen MR) is 69.8 cm³/mol. The van der Waals surface area contributed by atoms with Crippen molar-refractivity contribution in [3.05, 3.63) is 65.0 Å². The molecule has 0 heterocycles. The van der Waals surface area contributed by atoms with E-state index >= 15 is 0 Å². The first-order valence-corrected chi connectivity index (χ1v) is 5.87. The van der Waals surface area contributed by atoms with Crippen LogP contribution in [0.25, 0.3) is 0 Å². The van der Waals surface area contributed by atoms with Crippen molar-refractivity contribution in [2.45, 2.75) is 20.1 Å². The van der Waals surface area contributed by atoms with Gasteiger partial charge in [0.2, 0.25) is 0 Å². The number of rotatable bonds is 4. The van der Waals surface area contributed by atoms with E-state index in [1.165, 1.54) is 6.07 Å². The Morgan fingerprint density at radius 1 is 1.11 bits per heavy atom. The van der Waals surface area contributed by atoms with Crippen molar-refractivity contribution < 1.29 is 9.13 Å². The molecular formula is C15H16FNO. The van der Waals surface area contributed by atoms with Crippen molar-refractivity contribution in [2.75, 3.05) is 0 Å². The number of ether oxygens (including phenoxy) is 1. The number of hydrogen-bond donors (Lipinski definition) is 1. The van der Waals surface area contributed by atoms with Crippen molar-refractivity contribution in [1.29, 1.82) is 0 Å². The van der Waals surface area contributed by atoms with E-state index in [2.05, 4.69) is 0 Å². The predicted octanol–water partition coefficient (Wildman–Crippen LogP) is 3.17. The summed E-state index contributed by atoms with van der Waals surface area (Å²) in [7, 11) is 0. The Bertz CT molecular complexity index is 540. The van der Waals surface area contributed by atoms with Crippen LogP contribution < -0.4 is 10.5 Å². The summed E-state index contributed by atoms with van der Waals surface area (Å²) in [6.07, 6.45) is 0. The first-order chi connectivity index (χ1) is 8.72. The third-order valence-electron chi connectivity index (χ3n) is 2.92. The molecule has 0 saturated heterocycles. The van der Waals surface area contributed by atoms with Crippen molar-refractivity contribution in [3.63, 3.8) is 0 Å². The van der Waals surface area contributed by atoms with Gasteiger partial charge in [-0.25, -0.2) is 4.39 Å². The fourth-order valence-electron chi connectivity index (χ4n) is 1.80. The van der Waals surface area contributed by atoms with E-state index in [-0.39, 0.29) is 12.4 Å². The van der Waals surface area contributed by atoms with Gasteiger partial charge < -0.3 is 10.5 Å². The molecule has 0 unspecified atom stereocenters. The smallest absolute Gasteiger partial charge is 0.131 e. The zero-order chi connectivity index (χ0) is 13.0. The second-order valence-electron chi connectivity index (χ2n) is 4.14. The Kier molecular flexibility index (Phi) is 3.95. The van der Waals surface area contributed by atoms with Crippen LogP contribution >= 0.6 is 0 Å². The van der Waals surface area contributed by atoms with E-state index in [1.807, 2.05) is 31.2 Å². The minimum Gasteiger partial charge on any atom is -0.488 e. The topological polar surface area (TPSA) is 35.2 Å². The summed E-state index contributed by atoms with van der Waals surface area (Å²) in [4.78, 5) is 0. The lowest BCUT2D eigenvalue weighted by Gasteiger charge is -2.12. The Labute approximate surface area is 106 Å². The molecule has 0 atom stereocenters. The molecule has 0 fully saturated rings. The first kappa shape index (κ1) is 12.6. The van der Waals surface area contributed by atoms with E-state index < -0.39 is 0 Å². The first-order valence-electron chi connectivity index (χ1n) is 5.87. The van der Waals surface area contributed by atoms with Gasteiger partial charge in [-0.3, -0.25) is 0 Å². The van der Waals surface area contributed by atoms with Gasteiger partial charge in [0, 0.05) is 12.1 Å². The highest BCUT2D eigenvalue weighted by Crippen LogP contribution is 2.22. The molecule has 0 saturated carbocycles. The number of nitrogens with two attached hydrogens (primary N) is 1. The van der Waals surface area contributed by atoms with E-state index in [4.69, 9.17) is 10.5 Å². The van der Waals surface area contributed by atoms with Gasteiger partial charge in [0.15, 0.2) is 0 Å². The van der Waals surface area contributed by atoms with Crippen molar-refractivity contribution in [3.8, 4) is 5.75 Å². The quantitative estimate of drug-likeness (QED) is 0.898. The molecular weight excluding hydrogens is 229 g/mol. The normalized spacial score (nSPS) is 10.4. The molecule has 2 N–H and O–H groups in total. The van der Waals surface area contributed by atoms with Crippen LogP contribution in [0.4, 0.5) is 4.39 Å². The lowest BCUT2D eigenvalue weighted by molar-refractivity contribution is 0.300. The van der Waals surface area contributed by atoms with Gasteiger partial charge in [0.05, 0.1) is 0 Å². The highest BCUT2D eigenvalue weighted by molar-refractivity contribution is 5.35. The molecule has 2 aromatic carbocycles. The van der Waals surface area contributed by atoms with Crippen LogP contribution in [0.2, 0.25) is 0 Å². The van der Waals surface area contributed by atoms with E-state index in [0.717, 1.165) is 11.1 Å². The van der Waals surface area contributed by atoms with Gasteiger partial charge in [-0.2, -0.15) is 0 Å². The van der Waals surface area contributed by atoms with E-state index in [1.54, 1.807) is 12.1 Å². The van der Waals surface area contributed by atoms with Crippen LogP contribution in [-0.2, 0) is 13.2 Å². The van der Waals surface area contributed by atoms with Gasteiger partial charge in [-0.15, -0.1) is 0 Å². The maximum absolute atomic E-state index is 13.5. The van der Waals surface area contributed by atoms with Crippen LogP contribution in [0.15, 0.2) is 42.5 Å². The summed E-state index contributed by atoms with van der Waals surface area (Å²) >= 11 is 0. The third kappa shape index (κ3) is 2.68. The van der Waals surface area contributed by atoms with Crippen LogP contribution in [0.1, 0.15) is 16.7 Å². The third-order valence-corrected chi connectivity index (χ3v) is 2.92. The summed E-state index contributed by atoms with van der Waals surface area (Å²) in [5, 5.41) is 0. The number of halogens is 1.